The zero-order chi connectivity index (χ0) is 14.8. The summed E-state index contributed by atoms with van der Waals surface area (Å²) in [6, 6.07) is 15.5. The number of hydrogen-bond donors (Lipinski definition) is 0. The molecule has 0 radical (unpaired) electrons. The maximum absolute atomic E-state index is 12.6. The number of rotatable bonds is 3. The second-order valence-corrected chi connectivity index (χ2v) is 5.85. The SMILES string of the molecule is COc1ccc(-c2ccccc2C(=O)C(C)(C)C)cc1. The molecule has 0 saturated carbocycles. The molecule has 0 saturated heterocycles. The molecule has 0 bridgehead atoms. The van der Waals surface area contributed by atoms with E-state index in [0.29, 0.717) is 0 Å². The van der Waals surface area contributed by atoms with Gasteiger partial charge in [0.25, 0.3) is 0 Å². The topological polar surface area (TPSA) is 26.3 Å². The molecule has 2 heteroatoms. The van der Waals surface area contributed by atoms with Gasteiger partial charge in [0.1, 0.15) is 5.75 Å². The van der Waals surface area contributed by atoms with Crippen molar-refractivity contribution in [3.05, 3.63) is 54.1 Å². The largest absolute Gasteiger partial charge is 0.497 e. The van der Waals surface area contributed by atoms with Crippen LogP contribution in [0.15, 0.2) is 48.5 Å². The second kappa shape index (κ2) is 5.49. The van der Waals surface area contributed by atoms with Crippen molar-refractivity contribution in [1.82, 2.24) is 0 Å². The molecule has 0 N–H and O–H groups in total. The van der Waals surface area contributed by atoms with Crippen LogP contribution >= 0.6 is 0 Å². The number of Topliss-reactive ketones (excluding diaryl/α,β-unsaturated/α-hetero) is 1. The normalized spacial score (nSPS) is 11.2. The van der Waals surface area contributed by atoms with Crippen molar-refractivity contribution in [3.63, 3.8) is 0 Å². The van der Waals surface area contributed by atoms with E-state index in [0.717, 1.165) is 22.4 Å². The highest BCUT2D eigenvalue weighted by Crippen LogP contribution is 2.30. The summed E-state index contributed by atoms with van der Waals surface area (Å²) in [5.41, 5.74) is 2.38. The monoisotopic (exact) mass is 268 g/mol. The first-order chi connectivity index (χ1) is 9.43. The van der Waals surface area contributed by atoms with E-state index in [1.807, 2.05) is 69.3 Å². The highest BCUT2D eigenvalue weighted by atomic mass is 16.5. The summed E-state index contributed by atoms with van der Waals surface area (Å²) in [6.07, 6.45) is 0. The Hall–Kier alpha value is -2.09. The lowest BCUT2D eigenvalue weighted by molar-refractivity contribution is 0.0859. The molecule has 104 valence electrons. The maximum Gasteiger partial charge on any atom is 0.168 e. The van der Waals surface area contributed by atoms with Gasteiger partial charge in [0.2, 0.25) is 0 Å². The first-order valence-electron chi connectivity index (χ1n) is 6.72. The first kappa shape index (κ1) is 14.3. The molecule has 2 rings (SSSR count). The molecule has 2 aromatic rings. The quantitative estimate of drug-likeness (QED) is 0.761. The smallest absolute Gasteiger partial charge is 0.168 e. The van der Waals surface area contributed by atoms with E-state index in [2.05, 4.69) is 0 Å². The Labute approximate surface area is 120 Å². The van der Waals surface area contributed by atoms with E-state index in [4.69, 9.17) is 4.74 Å². The van der Waals surface area contributed by atoms with Crippen LogP contribution < -0.4 is 4.74 Å². The number of carbonyl (C=O) groups is 1. The summed E-state index contributed by atoms with van der Waals surface area (Å²) in [4.78, 5) is 12.6. The fourth-order valence-electron chi connectivity index (χ4n) is 2.11. The van der Waals surface area contributed by atoms with E-state index >= 15 is 0 Å². The van der Waals surface area contributed by atoms with Crippen LogP contribution in [0, 0.1) is 5.41 Å². The third-order valence-corrected chi connectivity index (χ3v) is 3.25. The van der Waals surface area contributed by atoms with Gasteiger partial charge in [0, 0.05) is 11.0 Å². The second-order valence-electron chi connectivity index (χ2n) is 5.85. The van der Waals surface area contributed by atoms with Crippen LogP contribution in [0.25, 0.3) is 11.1 Å². The molecule has 0 heterocycles. The van der Waals surface area contributed by atoms with E-state index < -0.39 is 0 Å². The third kappa shape index (κ3) is 2.90. The van der Waals surface area contributed by atoms with Crippen LogP contribution in [0.4, 0.5) is 0 Å². The number of carbonyl (C=O) groups excluding carboxylic acids is 1. The summed E-state index contributed by atoms with van der Waals surface area (Å²) in [5.74, 6) is 0.970. The van der Waals surface area contributed by atoms with Crippen LogP contribution in [0.3, 0.4) is 0 Å². The van der Waals surface area contributed by atoms with Gasteiger partial charge >= 0.3 is 0 Å². The van der Waals surface area contributed by atoms with E-state index in [-0.39, 0.29) is 11.2 Å². The lowest BCUT2D eigenvalue weighted by atomic mass is 9.83. The van der Waals surface area contributed by atoms with Gasteiger partial charge in [-0.15, -0.1) is 0 Å². The van der Waals surface area contributed by atoms with E-state index in [1.54, 1.807) is 7.11 Å². The van der Waals surface area contributed by atoms with Crippen LogP contribution in [0.5, 0.6) is 5.75 Å². The summed E-state index contributed by atoms with van der Waals surface area (Å²) in [6.45, 7) is 5.83. The molecular formula is C18H20O2. The number of ether oxygens (including phenoxy) is 1. The molecule has 0 unspecified atom stereocenters. The predicted molar refractivity (Wildman–Crippen MR) is 82.2 cm³/mol. The number of methoxy groups -OCH3 is 1. The Morgan fingerprint density at radius 1 is 0.950 bits per heavy atom. The molecule has 2 aromatic carbocycles. The Morgan fingerprint density at radius 3 is 2.10 bits per heavy atom. The lowest BCUT2D eigenvalue weighted by Crippen LogP contribution is -2.20. The van der Waals surface area contributed by atoms with E-state index in [1.165, 1.54) is 0 Å². The molecule has 0 spiro atoms. The van der Waals surface area contributed by atoms with Gasteiger partial charge < -0.3 is 4.74 Å². The summed E-state index contributed by atoms with van der Waals surface area (Å²) in [5, 5.41) is 0. The molecule has 0 amide bonds. The van der Waals surface area contributed by atoms with Gasteiger partial charge in [-0.25, -0.2) is 0 Å². The van der Waals surface area contributed by atoms with Crippen molar-refractivity contribution in [2.24, 2.45) is 5.41 Å². The molecular weight excluding hydrogens is 248 g/mol. The predicted octanol–water partition coefficient (Wildman–Crippen LogP) is 4.59. The molecule has 0 aliphatic carbocycles. The molecule has 0 fully saturated rings. The Kier molecular flexibility index (Phi) is 3.93. The molecule has 0 aliphatic rings. The first-order valence-corrected chi connectivity index (χ1v) is 6.72. The molecule has 0 aliphatic heterocycles. The third-order valence-electron chi connectivity index (χ3n) is 3.25. The van der Waals surface area contributed by atoms with Gasteiger partial charge in [-0.05, 0) is 23.3 Å². The Balaban J connectivity index is 2.49. The Bertz CT molecular complexity index is 604. The molecule has 0 aromatic heterocycles. The average Bonchev–Trinajstić information content (AvgIpc) is 2.45. The van der Waals surface area contributed by atoms with Crippen LogP contribution in [0.2, 0.25) is 0 Å². The average molecular weight is 268 g/mol. The van der Waals surface area contributed by atoms with Gasteiger partial charge in [0.05, 0.1) is 7.11 Å². The van der Waals surface area contributed by atoms with Crippen molar-refractivity contribution in [2.45, 2.75) is 20.8 Å². The van der Waals surface area contributed by atoms with Crippen molar-refractivity contribution in [1.29, 1.82) is 0 Å². The summed E-state index contributed by atoms with van der Waals surface area (Å²) < 4.78 is 5.17. The zero-order valence-corrected chi connectivity index (χ0v) is 12.4. The minimum Gasteiger partial charge on any atom is -0.497 e. The van der Waals surface area contributed by atoms with E-state index in [9.17, 15) is 4.79 Å². The minimum atomic E-state index is -0.386. The fraction of sp³-hybridized carbons (Fsp3) is 0.278. The lowest BCUT2D eigenvalue weighted by Gasteiger charge is -2.19. The molecule has 20 heavy (non-hydrogen) atoms. The Morgan fingerprint density at radius 2 is 1.55 bits per heavy atom. The number of hydrogen-bond acceptors (Lipinski definition) is 2. The minimum absolute atomic E-state index is 0.156. The van der Waals surface area contributed by atoms with Crippen LogP contribution in [-0.4, -0.2) is 12.9 Å². The zero-order valence-electron chi connectivity index (χ0n) is 12.4. The van der Waals surface area contributed by atoms with Gasteiger partial charge in [0.15, 0.2) is 5.78 Å². The van der Waals surface area contributed by atoms with Crippen LogP contribution in [0.1, 0.15) is 31.1 Å². The highest BCUT2D eigenvalue weighted by Gasteiger charge is 2.25. The van der Waals surface area contributed by atoms with Crippen molar-refractivity contribution < 1.29 is 9.53 Å². The van der Waals surface area contributed by atoms with Gasteiger partial charge in [-0.3, -0.25) is 4.79 Å². The standard InChI is InChI=1S/C18H20O2/c1-18(2,3)17(19)16-8-6-5-7-15(16)13-9-11-14(20-4)12-10-13/h5-12H,1-4H3. The van der Waals surface area contributed by atoms with Crippen molar-refractivity contribution >= 4 is 5.78 Å². The summed E-state index contributed by atoms with van der Waals surface area (Å²) >= 11 is 0. The number of benzene rings is 2. The summed E-state index contributed by atoms with van der Waals surface area (Å²) in [7, 11) is 1.64. The maximum atomic E-state index is 12.6. The molecule has 0 atom stereocenters. The fourth-order valence-corrected chi connectivity index (χ4v) is 2.11. The highest BCUT2D eigenvalue weighted by molar-refractivity contribution is 6.05. The van der Waals surface area contributed by atoms with Gasteiger partial charge in [-0.2, -0.15) is 0 Å². The van der Waals surface area contributed by atoms with Gasteiger partial charge in [-0.1, -0.05) is 57.2 Å². The van der Waals surface area contributed by atoms with Crippen molar-refractivity contribution in [3.8, 4) is 16.9 Å². The molecule has 2 nitrogen and oxygen atoms in total. The van der Waals surface area contributed by atoms with Crippen molar-refractivity contribution in [2.75, 3.05) is 7.11 Å². The van der Waals surface area contributed by atoms with Crippen LogP contribution in [-0.2, 0) is 0 Å². The number of ketones is 1.